The molecule has 1 amide bonds. The van der Waals surface area contributed by atoms with Crippen molar-refractivity contribution >= 4 is 17.5 Å². The number of benzene rings is 2. The van der Waals surface area contributed by atoms with Crippen LogP contribution in [-0.2, 0) is 11.3 Å². The predicted molar refractivity (Wildman–Crippen MR) is 84.4 cm³/mol. The average molecular weight is 322 g/mol. The molecule has 0 saturated carbocycles. The molecule has 0 heterocycles. The highest BCUT2D eigenvalue weighted by Crippen LogP contribution is 2.19. The van der Waals surface area contributed by atoms with Gasteiger partial charge in [-0.3, -0.25) is 4.79 Å². The SMILES string of the molecule is CCC(Oc1cccc(Cl)c1)C(=O)NCc1cccc(F)c1. The van der Waals surface area contributed by atoms with E-state index in [4.69, 9.17) is 16.3 Å². The maximum Gasteiger partial charge on any atom is 0.261 e. The second-order valence-electron chi connectivity index (χ2n) is 4.82. The highest BCUT2D eigenvalue weighted by Gasteiger charge is 2.18. The molecule has 116 valence electrons. The third kappa shape index (κ3) is 4.74. The maximum absolute atomic E-state index is 13.1. The van der Waals surface area contributed by atoms with Crippen molar-refractivity contribution in [2.75, 3.05) is 0 Å². The molecule has 2 aromatic rings. The maximum atomic E-state index is 13.1. The fourth-order valence-electron chi connectivity index (χ4n) is 1.98. The van der Waals surface area contributed by atoms with Crippen LogP contribution in [0.2, 0.25) is 5.02 Å². The van der Waals surface area contributed by atoms with Crippen molar-refractivity contribution in [2.24, 2.45) is 0 Å². The summed E-state index contributed by atoms with van der Waals surface area (Å²) in [6.45, 7) is 2.11. The summed E-state index contributed by atoms with van der Waals surface area (Å²) < 4.78 is 18.7. The van der Waals surface area contributed by atoms with Gasteiger partial charge in [0.25, 0.3) is 5.91 Å². The topological polar surface area (TPSA) is 38.3 Å². The molecule has 0 aliphatic heterocycles. The number of amides is 1. The summed E-state index contributed by atoms with van der Waals surface area (Å²) in [5, 5.41) is 3.30. The molecule has 0 radical (unpaired) electrons. The first-order chi connectivity index (χ1) is 10.6. The first kappa shape index (κ1) is 16.3. The van der Waals surface area contributed by atoms with Gasteiger partial charge in [0.2, 0.25) is 0 Å². The van der Waals surface area contributed by atoms with Crippen molar-refractivity contribution in [2.45, 2.75) is 26.0 Å². The first-order valence-electron chi connectivity index (χ1n) is 7.03. The minimum Gasteiger partial charge on any atom is -0.481 e. The van der Waals surface area contributed by atoms with E-state index in [9.17, 15) is 9.18 Å². The Labute approximate surface area is 134 Å². The molecular weight excluding hydrogens is 305 g/mol. The van der Waals surface area contributed by atoms with E-state index in [0.717, 1.165) is 0 Å². The molecule has 0 bridgehead atoms. The van der Waals surface area contributed by atoms with Gasteiger partial charge in [0.05, 0.1) is 0 Å². The fraction of sp³-hybridized carbons (Fsp3) is 0.235. The highest BCUT2D eigenvalue weighted by molar-refractivity contribution is 6.30. The molecule has 2 rings (SSSR count). The number of nitrogens with one attached hydrogen (secondary N) is 1. The lowest BCUT2D eigenvalue weighted by Crippen LogP contribution is -2.37. The van der Waals surface area contributed by atoms with Gasteiger partial charge < -0.3 is 10.1 Å². The first-order valence-corrected chi connectivity index (χ1v) is 7.40. The average Bonchev–Trinajstić information content (AvgIpc) is 2.50. The molecule has 0 fully saturated rings. The molecule has 0 spiro atoms. The van der Waals surface area contributed by atoms with Crippen molar-refractivity contribution in [1.82, 2.24) is 5.32 Å². The quantitative estimate of drug-likeness (QED) is 0.874. The van der Waals surface area contributed by atoms with Gasteiger partial charge in [0.15, 0.2) is 6.10 Å². The second kappa shape index (κ2) is 7.80. The molecule has 1 unspecified atom stereocenters. The summed E-state index contributed by atoms with van der Waals surface area (Å²) in [7, 11) is 0. The Morgan fingerprint density at radius 1 is 1.27 bits per heavy atom. The van der Waals surface area contributed by atoms with Gasteiger partial charge in [-0.05, 0) is 42.3 Å². The van der Waals surface area contributed by atoms with Crippen LogP contribution in [0.5, 0.6) is 5.75 Å². The zero-order valence-electron chi connectivity index (χ0n) is 12.2. The van der Waals surface area contributed by atoms with Crippen LogP contribution in [0.3, 0.4) is 0 Å². The molecule has 0 aromatic heterocycles. The Kier molecular flexibility index (Phi) is 5.78. The van der Waals surface area contributed by atoms with E-state index in [0.29, 0.717) is 22.8 Å². The minimum atomic E-state index is -0.618. The molecular formula is C17H17ClFNO2. The highest BCUT2D eigenvalue weighted by atomic mass is 35.5. The van der Waals surface area contributed by atoms with E-state index in [1.165, 1.54) is 12.1 Å². The Bertz CT molecular complexity index is 648. The van der Waals surface area contributed by atoms with Crippen molar-refractivity contribution in [3.63, 3.8) is 0 Å². The predicted octanol–water partition coefficient (Wildman–Crippen LogP) is 3.95. The van der Waals surface area contributed by atoms with Gasteiger partial charge in [-0.15, -0.1) is 0 Å². The largest absolute Gasteiger partial charge is 0.481 e. The monoisotopic (exact) mass is 321 g/mol. The second-order valence-corrected chi connectivity index (χ2v) is 5.26. The number of halogens is 2. The molecule has 0 saturated heterocycles. The van der Waals surface area contributed by atoms with E-state index in [2.05, 4.69) is 5.32 Å². The number of carbonyl (C=O) groups excluding carboxylic acids is 1. The molecule has 0 aliphatic carbocycles. The van der Waals surface area contributed by atoms with Crippen molar-refractivity contribution in [3.05, 3.63) is 64.9 Å². The molecule has 5 heteroatoms. The normalized spacial score (nSPS) is 11.8. The van der Waals surface area contributed by atoms with Crippen LogP contribution in [0, 0.1) is 5.82 Å². The van der Waals surface area contributed by atoms with E-state index >= 15 is 0 Å². The van der Waals surface area contributed by atoms with E-state index in [1.807, 2.05) is 6.92 Å². The summed E-state index contributed by atoms with van der Waals surface area (Å²) in [6.07, 6.45) is -0.103. The summed E-state index contributed by atoms with van der Waals surface area (Å²) in [6, 6.07) is 13.0. The lowest BCUT2D eigenvalue weighted by Gasteiger charge is -2.17. The fourth-order valence-corrected chi connectivity index (χ4v) is 2.16. The zero-order chi connectivity index (χ0) is 15.9. The van der Waals surface area contributed by atoms with Crippen molar-refractivity contribution in [1.29, 1.82) is 0 Å². The third-order valence-corrected chi connectivity index (χ3v) is 3.33. The van der Waals surface area contributed by atoms with Crippen molar-refractivity contribution in [3.8, 4) is 5.75 Å². The molecule has 22 heavy (non-hydrogen) atoms. The summed E-state index contributed by atoms with van der Waals surface area (Å²) in [5.41, 5.74) is 0.700. The van der Waals surface area contributed by atoms with Gasteiger partial charge in [-0.1, -0.05) is 36.7 Å². The zero-order valence-corrected chi connectivity index (χ0v) is 12.9. The number of hydrogen-bond donors (Lipinski definition) is 1. The number of rotatable bonds is 6. The van der Waals surface area contributed by atoms with Crippen LogP contribution >= 0.6 is 11.6 Å². The van der Waals surface area contributed by atoms with Gasteiger partial charge >= 0.3 is 0 Å². The lowest BCUT2D eigenvalue weighted by molar-refractivity contribution is -0.128. The number of hydrogen-bond acceptors (Lipinski definition) is 2. The third-order valence-electron chi connectivity index (χ3n) is 3.09. The van der Waals surface area contributed by atoms with Gasteiger partial charge in [0.1, 0.15) is 11.6 Å². The molecule has 1 N–H and O–H groups in total. The van der Waals surface area contributed by atoms with Gasteiger partial charge in [-0.25, -0.2) is 4.39 Å². The number of ether oxygens (including phenoxy) is 1. The van der Waals surface area contributed by atoms with E-state index in [1.54, 1.807) is 36.4 Å². The van der Waals surface area contributed by atoms with Crippen LogP contribution in [0.15, 0.2) is 48.5 Å². The molecule has 2 aromatic carbocycles. The Morgan fingerprint density at radius 2 is 2.05 bits per heavy atom. The number of carbonyl (C=O) groups is 1. The molecule has 1 atom stereocenters. The molecule has 0 aliphatic rings. The standard InChI is InChI=1S/C17H17ClFNO2/c1-2-16(22-15-8-4-6-13(18)10-15)17(21)20-11-12-5-3-7-14(19)9-12/h3-10,16H,2,11H2,1H3,(H,20,21). The summed E-state index contributed by atoms with van der Waals surface area (Å²) in [5.74, 6) is -0.0269. The van der Waals surface area contributed by atoms with Crippen LogP contribution in [0.25, 0.3) is 0 Å². The van der Waals surface area contributed by atoms with E-state index < -0.39 is 6.10 Å². The minimum absolute atomic E-state index is 0.244. The van der Waals surface area contributed by atoms with Crippen LogP contribution in [-0.4, -0.2) is 12.0 Å². The lowest BCUT2D eigenvalue weighted by atomic mass is 10.2. The van der Waals surface area contributed by atoms with Crippen LogP contribution in [0.1, 0.15) is 18.9 Å². The summed E-state index contributed by atoms with van der Waals surface area (Å²) in [4.78, 5) is 12.2. The Balaban J connectivity index is 1.94. The van der Waals surface area contributed by atoms with Gasteiger partial charge in [-0.2, -0.15) is 0 Å². The van der Waals surface area contributed by atoms with Crippen LogP contribution in [0.4, 0.5) is 4.39 Å². The Morgan fingerprint density at radius 3 is 2.73 bits per heavy atom. The van der Waals surface area contributed by atoms with Gasteiger partial charge in [0, 0.05) is 11.6 Å². The Hall–Kier alpha value is -2.07. The summed E-state index contributed by atoms with van der Waals surface area (Å²) >= 11 is 5.89. The molecule has 3 nitrogen and oxygen atoms in total. The van der Waals surface area contributed by atoms with Crippen molar-refractivity contribution < 1.29 is 13.9 Å². The van der Waals surface area contributed by atoms with E-state index in [-0.39, 0.29) is 18.3 Å². The smallest absolute Gasteiger partial charge is 0.261 e. The van der Waals surface area contributed by atoms with Crippen LogP contribution < -0.4 is 10.1 Å².